The number of hydrogen-bond acceptors (Lipinski definition) is 4. The van der Waals surface area contributed by atoms with Gasteiger partial charge in [0.15, 0.2) is 6.10 Å². The number of aliphatic hydroxyl groups excluding tert-OH is 1. The molecule has 0 rings (SSSR count). The van der Waals surface area contributed by atoms with Crippen molar-refractivity contribution >= 4 is 11.9 Å². The third kappa shape index (κ3) is 19.7. The van der Waals surface area contributed by atoms with Crippen LogP contribution in [0.5, 0.6) is 0 Å². The van der Waals surface area contributed by atoms with E-state index in [0.717, 1.165) is 32.1 Å². The Balaban J connectivity index is 3.91. The highest BCUT2D eigenvalue weighted by molar-refractivity contribution is 5.71. The number of aliphatic hydroxyl groups is 1. The lowest BCUT2D eigenvalue weighted by molar-refractivity contribution is -0.873. The zero-order valence-corrected chi connectivity index (χ0v) is 19.1. The number of nitrogens with zero attached hydrogens (tertiary/aromatic N) is 1. The van der Waals surface area contributed by atoms with Gasteiger partial charge in [0.1, 0.15) is 6.54 Å². The Morgan fingerprint density at radius 1 is 0.931 bits per heavy atom. The molecule has 0 aromatic carbocycles. The highest BCUT2D eigenvalue weighted by atomic mass is 16.5. The van der Waals surface area contributed by atoms with E-state index in [4.69, 9.17) is 9.84 Å². The number of carboxylic acids is 1. The number of unbranched alkanes of at least 4 members (excludes halogenated alkanes) is 7. The molecular weight excluding hydrogens is 370 g/mol. The summed E-state index contributed by atoms with van der Waals surface area (Å²) in [5.41, 5.74) is 0. The minimum Gasteiger partial charge on any atom is -0.481 e. The van der Waals surface area contributed by atoms with Gasteiger partial charge in [0, 0.05) is 0 Å². The second-order valence-corrected chi connectivity index (χ2v) is 9.00. The summed E-state index contributed by atoms with van der Waals surface area (Å²) in [6.45, 7) is 2.64. The summed E-state index contributed by atoms with van der Waals surface area (Å²) in [6.07, 6.45) is 13.8. The molecule has 2 atom stereocenters. The van der Waals surface area contributed by atoms with Gasteiger partial charge in [-0.25, -0.2) is 0 Å². The van der Waals surface area contributed by atoms with Gasteiger partial charge in [-0.3, -0.25) is 9.59 Å². The molecule has 0 aromatic heterocycles. The summed E-state index contributed by atoms with van der Waals surface area (Å²) in [4.78, 5) is 23.0. The van der Waals surface area contributed by atoms with E-state index in [1.807, 2.05) is 21.1 Å². The molecule has 0 spiro atoms. The highest BCUT2D eigenvalue weighted by Crippen LogP contribution is 2.12. The predicted octanol–water partition coefficient (Wildman–Crippen LogP) is 4.31. The lowest BCUT2D eigenvalue weighted by Gasteiger charge is -2.28. The Hall–Kier alpha value is -1.40. The maximum atomic E-state index is 12.0. The van der Waals surface area contributed by atoms with Crippen LogP contribution in [0.1, 0.15) is 84.0 Å². The number of hydrogen-bond donors (Lipinski definition) is 2. The van der Waals surface area contributed by atoms with E-state index in [9.17, 15) is 14.7 Å². The molecule has 0 saturated heterocycles. The van der Waals surface area contributed by atoms with Crippen LogP contribution in [-0.4, -0.2) is 66.5 Å². The number of allylic oxidation sites excluding steroid dienone is 2. The summed E-state index contributed by atoms with van der Waals surface area (Å²) in [5.74, 6) is -1.52. The van der Waals surface area contributed by atoms with Gasteiger partial charge >= 0.3 is 11.9 Å². The van der Waals surface area contributed by atoms with Crippen LogP contribution in [0.4, 0.5) is 0 Å². The second-order valence-electron chi connectivity index (χ2n) is 9.00. The van der Waals surface area contributed by atoms with Gasteiger partial charge in [-0.1, -0.05) is 51.2 Å². The number of ether oxygens (including phenoxy) is 1. The smallest absolute Gasteiger partial charge is 0.308 e. The van der Waals surface area contributed by atoms with Gasteiger partial charge in [-0.2, -0.15) is 0 Å². The first-order valence-electron chi connectivity index (χ1n) is 11.2. The topological polar surface area (TPSA) is 83.8 Å². The van der Waals surface area contributed by atoms with Crippen LogP contribution in [0.3, 0.4) is 0 Å². The fourth-order valence-electron chi connectivity index (χ4n) is 3.22. The first-order chi connectivity index (χ1) is 13.6. The molecule has 170 valence electrons. The van der Waals surface area contributed by atoms with Crippen molar-refractivity contribution < 1.29 is 29.0 Å². The molecule has 6 heteroatoms. The van der Waals surface area contributed by atoms with Crippen LogP contribution in [0.2, 0.25) is 0 Å². The second kappa shape index (κ2) is 16.4. The van der Waals surface area contributed by atoms with Crippen molar-refractivity contribution in [2.24, 2.45) is 0 Å². The van der Waals surface area contributed by atoms with Crippen LogP contribution < -0.4 is 0 Å². The molecule has 2 N–H and O–H groups in total. The van der Waals surface area contributed by atoms with Crippen LogP contribution in [-0.2, 0) is 14.3 Å². The molecule has 0 heterocycles. The lowest BCUT2D eigenvalue weighted by Crippen LogP contribution is -2.44. The molecule has 0 amide bonds. The van der Waals surface area contributed by atoms with Crippen molar-refractivity contribution in [2.45, 2.75) is 96.2 Å². The summed E-state index contributed by atoms with van der Waals surface area (Å²) >= 11 is 0. The molecule has 0 bridgehead atoms. The van der Waals surface area contributed by atoms with Crippen LogP contribution in [0.15, 0.2) is 12.2 Å². The Kier molecular flexibility index (Phi) is 15.6. The third-order valence-electron chi connectivity index (χ3n) is 4.65. The monoisotopic (exact) mass is 414 g/mol. The molecule has 0 aliphatic rings. The summed E-state index contributed by atoms with van der Waals surface area (Å²) in [6, 6.07) is 0. The van der Waals surface area contributed by atoms with Crippen molar-refractivity contribution in [1.29, 1.82) is 0 Å². The maximum Gasteiger partial charge on any atom is 0.308 e. The fourth-order valence-corrected chi connectivity index (χ4v) is 3.22. The minimum absolute atomic E-state index is 0.0784. The van der Waals surface area contributed by atoms with Crippen molar-refractivity contribution in [1.82, 2.24) is 0 Å². The number of esters is 1. The predicted molar refractivity (Wildman–Crippen MR) is 117 cm³/mol. The standard InChI is InChI=1S/C23H43NO5/c1-5-6-7-8-9-10-11-12-13-14-15-16-20(25)17-23(28)29-21(18-22(26)27)19-24(2,3)4/h10-11,20-21,25H,5-9,12-19H2,1-4H3/p+1/b11-10-/t20?,21-/m0/s1. The van der Waals surface area contributed by atoms with Crippen LogP contribution >= 0.6 is 0 Å². The molecule has 0 fully saturated rings. The van der Waals surface area contributed by atoms with E-state index in [2.05, 4.69) is 19.1 Å². The largest absolute Gasteiger partial charge is 0.481 e. The van der Waals surface area contributed by atoms with Gasteiger partial charge in [0.2, 0.25) is 0 Å². The van der Waals surface area contributed by atoms with E-state index in [-0.39, 0.29) is 12.8 Å². The van der Waals surface area contributed by atoms with E-state index in [1.165, 1.54) is 25.7 Å². The molecule has 1 unspecified atom stereocenters. The minimum atomic E-state index is -0.994. The Morgan fingerprint density at radius 3 is 2.03 bits per heavy atom. The zero-order valence-electron chi connectivity index (χ0n) is 19.1. The van der Waals surface area contributed by atoms with Gasteiger partial charge < -0.3 is 19.4 Å². The molecule has 0 aliphatic carbocycles. The zero-order chi connectivity index (χ0) is 22.1. The number of carbonyl (C=O) groups excluding carboxylic acids is 1. The van der Waals surface area contributed by atoms with Crippen LogP contribution in [0, 0.1) is 0 Å². The molecule has 0 radical (unpaired) electrons. The van der Waals surface area contributed by atoms with Gasteiger partial charge in [0.05, 0.1) is 40.1 Å². The third-order valence-corrected chi connectivity index (χ3v) is 4.65. The van der Waals surface area contributed by atoms with Gasteiger partial charge in [-0.05, 0) is 32.1 Å². The quantitative estimate of drug-likeness (QED) is 0.151. The highest BCUT2D eigenvalue weighted by Gasteiger charge is 2.25. The first-order valence-corrected chi connectivity index (χ1v) is 11.2. The number of quaternary nitrogens is 1. The van der Waals surface area contributed by atoms with Crippen molar-refractivity contribution in [3.63, 3.8) is 0 Å². The number of carboxylic acid groups (broad SMARTS) is 1. The van der Waals surface area contributed by atoms with Gasteiger partial charge in [0.25, 0.3) is 0 Å². The number of rotatable bonds is 18. The lowest BCUT2D eigenvalue weighted by atomic mass is 10.1. The molecule has 0 aromatic rings. The van der Waals surface area contributed by atoms with Crippen molar-refractivity contribution in [3.05, 3.63) is 12.2 Å². The molecule has 0 aliphatic heterocycles. The Bertz CT molecular complexity index is 470. The molecule has 0 saturated carbocycles. The summed E-state index contributed by atoms with van der Waals surface area (Å²) in [5, 5.41) is 19.0. The SMILES string of the molecule is CCCCCC/C=C\CCCCCC(O)CC(=O)O[C@@H](CC(=O)O)C[N+](C)(C)C. The Labute approximate surface area is 177 Å². The maximum absolute atomic E-state index is 12.0. The van der Waals surface area contributed by atoms with E-state index in [0.29, 0.717) is 17.4 Å². The molecule has 6 nitrogen and oxygen atoms in total. The molecule has 29 heavy (non-hydrogen) atoms. The number of likely N-dealkylation sites (N-methyl/N-ethyl adjacent to an activating group) is 1. The summed E-state index contributed by atoms with van der Waals surface area (Å²) in [7, 11) is 5.75. The summed E-state index contributed by atoms with van der Waals surface area (Å²) < 4.78 is 5.81. The average Bonchev–Trinajstić information content (AvgIpc) is 2.57. The van der Waals surface area contributed by atoms with Crippen molar-refractivity contribution in [3.8, 4) is 0 Å². The van der Waals surface area contributed by atoms with Crippen LogP contribution in [0.25, 0.3) is 0 Å². The fraction of sp³-hybridized carbons (Fsp3) is 0.826. The number of aliphatic carboxylic acids is 1. The van der Waals surface area contributed by atoms with Crippen molar-refractivity contribution in [2.75, 3.05) is 27.7 Å². The Morgan fingerprint density at radius 2 is 1.52 bits per heavy atom. The molecular formula is C23H44NO5+. The number of carbonyl (C=O) groups is 2. The normalized spacial score (nSPS) is 14.1. The van der Waals surface area contributed by atoms with Gasteiger partial charge in [-0.15, -0.1) is 0 Å². The van der Waals surface area contributed by atoms with E-state index >= 15 is 0 Å². The van der Waals surface area contributed by atoms with E-state index < -0.39 is 24.1 Å². The van der Waals surface area contributed by atoms with E-state index in [1.54, 1.807) is 0 Å². The first kappa shape index (κ1) is 27.6. The average molecular weight is 415 g/mol.